The lowest BCUT2D eigenvalue weighted by atomic mass is 10.0. The van der Waals surface area contributed by atoms with Crippen LogP contribution in [0, 0.1) is 0 Å². The van der Waals surface area contributed by atoms with Crippen molar-refractivity contribution in [2.45, 2.75) is 18.3 Å². The third-order valence-electron chi connectivity index (χ3n) is 4.12. The molecule has 27 heavy (non-hydrogen) atoms. The summed E-state index contributed by atoms with van der Waals surface area (Å²) in [4.78, 5) is 0. The number of benzene rings is 2. The Morgan fingerprint density at radius 3 is 2.26 bits per heavy atom. The van der Waals surface area contributed by atoms with Crippen molar-refractivity contribution in [3.63, 3.8) is 0 Å². The summed E-state index contributed by atoms with van der Waals surface area (Å²) < 4.78 is 46.4. The van der Waals surface area contributed by atoms with E-state index in [0.717, 1.165) is 0 Å². The van der Waals surface area contributed by atoms with E-state index in [4.69, 9.17) is 24.1 Å². The average molecular weight is 391 g/mol. The highest BCUT2D eigenvalue weighted by Gasteiger charge is 2.34. The summed E-state index contributed by atoms with van der Waals surface area (Å²) in [7, 11) is -0.801. The summed E-state index contributed by atoms with van der Waals surface area (Å²) in [6, 6.07) is 14.1. The molecular formula is C19H21NO6S. The van der Waals surface area contributed by atoms with Crippen LogP contribution in [0.15, 0.2) is 60.2 Å². The summed E-state index contributed by atoms with van der Waals surface area (Å²) in [5.74, 6) is 0.863. The fraction of sp³-hybridized carbons (Fsp3) is 0.263. The number of methoxy groups -OCH3 is 2. The van der Waals surface area contributed by atoms with E-state index in [1.165, 1.54) is 14.2 Å². The van der Waals surface area contributed by atoms with Crippen LogP contribution in [0.25, 0.3) is 0 Å². The molecule has 1 unspecified atom stereocenters. The van der Waals surface area contributed by atoms with Gasteiger partial charge in [0.25, 0.3) is 0 Å². The van der Waals surface area contributed by atoms with Crippen LogP contribution >= 0.6 is 0 Å². The van der Waals surface area contributed by atoms with Crippen molar-refractivity contribution in [1.82, 2.24) is 0 Å². The molecule has 0 fully saturated rings. The van der Waals surface area contributed by atoms with Gasteiger partial charge in [0.2, 0.25) is 5.88 Å². The van der Waals surface area contributed by atoms with Gasteiger partial charge in [-0.2, -0.15) is 8.42 Å². The molecule has 0 aliphatic carbocycles. The average Bonchev–Trinajstić information content (AvgIpc) is 3.00. The molecule has 0 saturated heterocycles. The van der Waals surface area contributed by atoms with Crippen molar-refractivity contribution >= 4 is 10.1 Å². The smallest absolute Gasteiger partial charge is 0.313 e. The zero-order valence-corrected chi connectivity index (χ0v) is 15.9. The Morgan fingerprint density at radius 1 is 1.04 bits per heavy atom. The number of rotatable bonds is 7. The third kappa shape index (κ3) is 4.28. The highest BCUT2D eigenvalue weighted by molar-refractivity contribution is 7.86. The van der Waals surface area contributed by atoms with Crippen LogP contribution in [0.2, 0.25) is 0 Å². The van der Waals surface area contributed by atoms with Crippen LogP contribution in [0.1, 0.15) is 23.7 Å². The van der Waals surface area contributed by atoms with Crippen LogP contribution in [0.4, 0.5) is 0 Å². The Kier molecular flexibility index (Phi) is 5.46. The van der Waals surface area contributed by atoms with Crippen LogP contribution in [-0.4, -0.2) is 22.6 Å². The van der Waals surface area contributed by atoms with Gasteiger partial charge in [-0.25, -0.2) is 0 Å². The molecule has 8 heteroatoms. The van der Waals surface area contributed by atoms with Gasteiger partial charge in [0, 0.05) is 0 Å². The second-order valence-electron chi connectivity index (χ2n) is 5.95. The minimum atomic E-state index is -3.87. The molecule has 0 bridgehead atoms. The summed E-state index contributed by atoms with van der Waals surface area (Å²) in [5, 5.41) is 0. The highest BCUT2D eigenvalue weighted by Crippen LogP contribution is 2.43. The normalized spacial score (nSPS) is 16.7. The molecule has 144 valence electrons. The molecule has 1 heterocycles. The first kappa shape index (κ1) is 18.9. The summed E-state index contributed by atoms with van der Waals surface area (Å²) in [6.07, 6.45) is -0.422. The van der Waals surface area contributed by atoms with Crippen LogP contribution in [0.3, 0.4) is 0 Å². The Hall–Kier alpha value is -2.87. The Bertz CT molecular complexity index is 918. The molecule has 2 aromatic rings. The maximum atomic E-state index is 12.4. The molecule has 0 amide bonds. The molecular weight excluding hydrogens is 370 g/mol. The van der Waals surface area contributed by atoms with E-state index in [2.05, 4.69) is 0 Å². The quantitative estimate of drug-likeness (QED) is 0.725. The third-order valence-corrected chi connectivity index (χ3v) is 5.26. The van der Waals surface area contributed by atoms with E-state index in [1.54, 1.807) is 42.5 Å². The monoisotopic (exact) mass is 391 g/mol. The van der Waals surface area contributed by atoms with Crippen molar-refractivity contribution in [1.29, 1.82) is 0 Å². The van der Waals surface area contributed by atoms with E-state index in [-0.39, 0.29) is 23.8 Å². The van der Waals surface area contributed by atoms with E-state index in [9.17, 15) is 8.42 Å². The second kappa shape index (κ2) is 7.79. The summed E-state index contributed by atoms with van der Waals surface area (Å²) in [5.41, 5.74) is 7.14. The van der Waals surface area contributed by atoms with Crippen molar-refractivity contribution in [2.24, 2.45) is 5.73 Å². The van der Waals surface area contributed by atoms with Gasteiger partial charge in [0.05, 0.1) is 26.2 Å². The number of ether oxygens (including phenoxy) is 3. The topological polar surface area (TPSA) is 97.1 Å². The van der Waals surface area contributed by atoms with Crippen molar-refractivity contribution in [2.75, 3.05) is 14.2 Å². The van der Waals surface area contributed by atoms with E-state index >= 15 is 0 Å². The lowest BCUT2D eigenvalue weighted by Crippen LogP contribution is -2.10. The molecule has 0 radical (unpaired) electrons. The Balaban J connectivity index is 1.78. The van der Waals surface area contributed by atoms with E-state index in [0.29, 0.717) is 22.6 Å². The van der Waals surface area contributed by atoms with Gasteiger partial charge in [-0.1, -0.05) is 36.4 Å². The Morgan fingerprint density at radius 2 is 1.67 bits per heavy atom. The first-order valence-electron chi connectivity index (χ1n) is 8.25. The van der Waals surface area contributed by atoms with Gasteiger partial charge < -0.3 is 24.1 Å². The maximum Gasteiger partial charge on any atom is 0.313 e. The van der Waals surface area contributed by atoms with Crippen LogP contribution in [-0.2, 0) is 24.8 Å². The number of hydrogen-bond acceptors (Lipinski definition) is 7. The minimum absolute atomic E-state index is 0.0652. The van der Waals surface area contributed by atoms with E-state index in [1.807, 2.05) is 6.07 Å². The lowest BCUT2D eigenvalue weighted by Gasteiger charge is -2.18. The number of nitrogens with two attached hydrogens (primary N) is 1. The second-order valence-corrected chi connectivity index (χ2v) is 7.52. The molecule has 7 nitrogen and oxygen atoms in total. The molecule has 2 aromatic carbocycles. The van der Waals surface area contributed by atoms with Crippen molar-refractivity contribution < 1.29 is 26.8 Å². The van der Waals surface area contributed by atoms with Crippen molar-refractivity contribution in [3.8, 4) is 11.5 Å². The zero-order chi connectivity index (χ0) is 19.4. The SMILES string of the molecule is COc1cccc(OC)c1C1CC(OS(=O)(=O)Cc2ccccc2)=C(N)O1. The molecule has 1 atom stereocenters. The fourth-order valence-corrected chi connectivity index (χ4v) is 4.04. The first-order chi connectivity index (χ1) is 12.9. The van der Waals surface area contributed by atoms with Crippen LogP contribution < -0.4 is 15.2 Å². The minimum Gasteiger partial charge on any atom is -0.496 e. The molecule has 0 aromatic heterocycles. The fourth-order valence-electron chi connectivity index (χ4n) is 2.92. The maximum absolute atomic E-state index is 12.4. The largest absolute Gasteiger partial charge is 0.496 e. The van der Waals surface area contributed by atoms with E-state index < -0.39 is 16.2 Å². The summed E-state index contributed by atoms with van der Waals surface area (Å²) >= 11 is 0. The predicted molar refractivity (Wildman–Crippen MR) is 99.4 cm³/mol. The van der Waals surface area contributed by atoms with Gasteiger partial charge in [0.15, 0.2) is 5.76 Å². The van der Waals surface area contributed by atoms with Crippen molar-refractivity contribution in [3.05, 3.63) is 71.3 Å². The molecule has 0 spiro atoms. The standard InChI is InChI=1S/C19H21NO6S/c1-23-14-9-6-10-15(24-2)18(14)16-11-17(19(20)25-16)26-27(21,22)12-13-7-4-3-5-8-13/h3-10,16H,11-12,20H2,1-2H3. The van der Waals surface area contributed by atoms with Gasteiger partial charge in [-0.15, -0.1) is 0 Å². The summed E-state index contributed by atoms with van der Waals surface area (Å²) in [6.45, 7) is 0. The first-order valence-corrected chi connectivity index (χ1v) is 9.83. The zero-order valence-electron chi connectivity index (χ0n) is 15.0. The van der Waals surface area contributed by atoms with Gasteiger partial charge in [0.1, 0.15) is 23.4 Å². The highest BCUT2D eigenvalue weighted by atomic mass is 32.2. The molecule has 0 saturated carbocycles. The Labute approximate surface area is 158 Å². The molecule has 1 aliphatic heterocycles. The lowest BCUT2D eigenvalue weighted by molar-refractivity contribution is 0.137. The molecule has 3 rings (SSSR count). The number of hydrogen-bond donors (Lipinski definition) is 1. The van der Waals surface area contributed by atoms with Crippen LogP contribution in [0.5, 0.6) is 11.5 Å². The van der Waals surface area contributed by atoms with Gasteiger partial charge in [-0.3, -0.25) is 0 Å². The predicted octanol–water partition coefficient (Wildman–Crippen LogP) is 2.84. The molecule has 1 aliphatic rings. The molecule has 2 N–H and O–H groups in total. The van der Waals surface area contributed by atoms with Gasteiger partial charge in [-0.05, 0) is 17.7 Å². The van der Waals surface area contributed by atoms with Gasteiger partial charge >= 0.3 is 10.1 Å².